The first-order chi connectivity index (χ1) is 15.6. The maximum absolute atomic E-state index is 11.8. The first kappa shape index (κ1) is 28.9. The molecule has 0 aliphatic carbocycles. The van der Waals surface area contributed by atoms with Gasteiger partial charge in [-0.1, -0.05) is 109 Å². The van der Waals surface area contributed by atoms with Crippen LogP contribution in [0, 0.1) is 3.57 Å². The van der Waals surface area contributed by atoms with Crippen molar-refractivity contribution in [3.63, 3.8) is 0 Å². The van der Waals surface area contributed by atoms with E-state index in [-0.39, 0.29) is 31.4 Å². The molecule has 0 aliphatic heterocycles. The third-order valence-electron chi connectivity index (χ3n) is 5.64. The lowest BCUT2D eigenvalue weighted by Crippen LogP contribution is -2.11. The van der Waals surface area contributed by atoms with Crippen molar-refractivity contribution in [2.45, 2.75) is 116 Å². The van der Waals surface area contributed by atoms with Gasteiger partial charge in [0.2, 0.25) is 0 Å². The minimum absolute atomic E-state index is 0.0704. The van der Waals surface area contributed by atoms with Gasteiger partial charge in [-0.2, -0.15) is 0 Å². The van der Waals surface area contributed by atoms with E-state index in [1.165, 1.54) is 77.0 Å². The Morgan fingerprint density at radius 2 is 1.16 bits per heavy atom. The van der Waals surface area contributed by atoms with Gasteiger partial charge in [0, 0.05) is 9.13 Å². The molecule has 0 unspecified atom stereocenters. The largest absolute Gasteiger partial charge is 0.466 e. The van der Waals surface area contributed by atoms with Crippen molar-refractivity contribution in [1.29, 1.82) is 0 Å². The van der Waals surface area contributed by atoms with Crippen molar-refractivity contribution in [3.8, 4) is 0 Å². The van der Waals surface area contributed by atoms with Gasteiger partial charge in [0.05, 0.1) is 19.4 Å². The van der Waals surface area contributed by atoms with E-state index in [0.29, 0.717) is 6.61 Å². The van der Waals surface area contributed by atoms with Gasteiger partial charge in [-0.05, 0) is 35.1 Å². The molecule has 0 saturated carbocycles. The van der Waals surface area contributed by atoms with Gasteiger partial charge in [0.15, 0.2) is 0 Å². The molecule has 1 aromatic carbocycles. The summed E-state index contributed by atoms with van der Waals surface area (Å²) in [6.45, 7) is 2.96. The van der Waals surface area contributed by atoms with Gasteiger partial charge >= 0.3 is 11.9 Å². The molecule has 0 N–H and O–H groups in total. The highest BCUT2D eigenvalue weighted by molar-refractivity contribution is 14.1. The van der Waals surface area contributed by atoms with Crippen LogP contribution in [0.1, 0.15) is 115 Å². The Kier molecular flexibility index (Phi) is 18.5. The minimum Gasteiger partial charge on any atom is -0.466 e. The van der Waals surface area contributed by atoms with E-state index in [4.69, 9.17) is 9.47 Å². The minimum atomic E-state index is -0.363. The highest BCUT2D eigenvalue weighted by atomic mass is 127. The van der Waals surface area contributed by atoms with Crippen LogP contribution in [0.15, 0.2) is 24.3 Å². The van der Waals surface area contributed by atoms with Gasteiger partial charge in [-0.15, -0.1) is 0 Å². The Bertz CT molecular complexity index is 617. The SMILES string of the molecule is CCCCCCCCCCCCCCCCOC(=O)CCC(=O)OCc1ccccc1I. The molecule has 0 aliphatic rings. The Morgan fingerprint density at radius 1 is 0.688 bits per heavy atom. The van der Waals surface area contributed by atoms with Crippen molar-refractivity contribution in [1.82, 2.24) is 0 Å². The number of unbranched alkanes of at least 4 members (excludes halogenated alkanes) is 13. The van der Waals surface area contributed by atoms with Gasteiger partial charge in [-0.25, -0.2) is 0 Å². The summed E-state index contributed by atoms with van der Waals surface area (Å²) in [5, 5.41) is 0. The highest BCUT2D eigenvalue weighted by Gasteiger charge is 2.10. The number of ether oxygens (including phenoxy) is 2. The predicted molar refractivity (Wildman–Crippen MR) is 139 cm³/mol. The molecule has 5 heteroatoms. The smallest absolute Gasteiger partial charge is 0.306 e. The molecule has 0 amide bonds. The van der Waals surface area contributed by atoms with Gasteiger partial charge in [0.25, 0.3) is 0 Å². The number of carbonyl (C=O) groups excluding carboxylic acids is 2. The van der Waals surface area contributed by atoms with E-state index in [9.17, 15) is 9.59 Å². The average molecular weight is 559 g/mol. The topological polar surface area (TPSA) is 52.6 Å². The van der Waals surface area contributed by atoms with Crippen LogP contribution in [0.5, 0.6) is 0 Å². The van der Waals surface area contributed by atoms with Gasteiger partial charge in [-0.3, -0.25) is 9.59 Å². The van der Waals surface area contributed by atoms with Crippen LogP contribution in [-0.2, 0) is 25.7 Å². The number of halogens is 1. The molecular formula is C27H43IO4. The second kappa shape index (κ2) is 20.5. The maximum Gasteiger partial charge on any atom is 0.306 e. The van der Waals surface area contributed by atoms with Crippen LogP contribution in [0.4, 0.5) is 0 Å². The lowest BCUT2D eigenvalue weighted by atomic mass is 10.0. The number of benzene rings is 1. The van der Waals surface area contributed by atoms with Gasteiger partial charge in [0.1, 0.15) is 6.61 Å². The van der Waals surface area contributed by atoms with E-state index in [1.807, 2.05) is 24.3 Å². The molecule has 0 bridgehead atoms. The lowest BCUT2D eigenvalue weighted by molar-refractivity contribution is -0.151. The molecule has 32 heavy (non-hydrogen) atoms. The standard InChI is InChI=1S/C27H43IO4/c1-2-3-4-5-6-7-8-9-10-11-12-13-14-17-22-31-26(29)20-21-27(30)32-23-24-18-15-16-19-25(24)28/h15-16,18-19H,2-14,17,20-23H2,1H3. The molecular weight excluding hydrogens is 515 g/mol. The molecule has 182 valence electrons. The monoisotopic (exact) mass is 558 g/mol. The first-order valence-corrected chi connectivity index (χ1v) is 13.8. The lowest BCUT2D eigenvalue weighted by Gasteiger charge is -2.07. The van der Waals surface area contributed by atoms with Crippen LogP contribution in [0.3, 0.4) is 0 Å². The Morgan fingerprint density at radius 3 is 1.69 bits per heavy atom. The summed E-state index contributed by atoms with van der Waals surface area (Å²) in [6.07, 6.45) is 18.4. The molecule has 0 fully saturated rings. The molecule has 0 atom stereocenters. The van der Waals surface area contributed by atoms with Crippen LogP contribution < -0.4 is 0 Å². The van der Waals surface area contributed by atoms with Crippen molar-refractivity contribution in [2.24, 2.45) is 0 Å². The van der Waals surface area contributed by atoms with Crippen LogP contribution in [0.2, 0.25) is 0 Å². The summed E-state index contributed by atoms with van der Waals surface area (Å²) in [7, 11) is 0. The molecule has 0 spiro atoms. The maximum atomic E-state index is 11.8. The zero-order chi connectivity index (χ0) is 23.3. The van der Waals surface area contributed by atoms with E-state index >= 15 is 0 Å². The number of hydrogen-bond donors (Lipinski definition) is 0. The van der Waals surface area contributed by atoms with E-state index < -0.39 is 0 Å². The normalized spacial score (nSPS) is 10.8. The summed E-state index contributed by atoms with van der Waals surface area (Å²) < 4.78 is 11.5. The van der Waals surface area contributed by atoms with Crippen LogP contribution >= 0.6 is 22.6 Å². The number of rotatable bonds is 20. The summed E-state index contributed by atoms with van der Waals surface area (Å²) in [5.41, 5.74) is 0.974. The number of carbonyl (C=O) groups is 2. The second-order valence-corrected chi connectivity index (χ2v) is 9.73. The second-order valence-electron chi connectivity index (χ2n) is 8.57. The van der Waals surface area contributed by atoms with Crippen LogP contribution in [0.25, 0.3) is 0 Å². The third kappa shape index (κ3) is 16.5. The number of esters is 2. The molecule has 4 nitrogen and oxygen atoms in total. The third-order valence-corrected chi connectivity index (χ3v) is 6.69. The van der Waals surface area contributed by atoms with Crippen molar-refractivity contribution < 1.29 is 19.1 Å². The molecule has 0 radical (unpaired) electrons. The number of hydrogen-bond acceptors (Lipinski definition) is 4. The Labute approximate surface area is 209 Å². The van der Waals surface area contributed by atoms with Crippen LogP contribution in [-0.4, -0.2) is 18.5 Å². The first-order valence-electron chi connectivity index (χ1n) is 12.7. The molecule has 0 heterocycles. The molecule has 1 aromatic rings. The van der Waals surface area contributed by atoms with E-state index in [2.05, 4.69) is 29.5 Å². The van der Waals surface area contributed by atoms with E-state index in [0.717, 1.165) is 22.0 Å². The van der Waals surface area contributed by atoms with Crippen molar-refractivity contribution in [3.05, 3.63) is 33.4 Å². The zero-order valence-electron chi connectivity index (χ0n) is 20.0. The molecule has 0 saturated heterocycles. The zero-order valence-corrected chi connectivity index (χ0v) is 22.2. The summed E-state index contributed by atoms with van der Waals surface area (Å²) >= 11 is 2.21. The quantitative estimate of drug-likeness (QED) is 0.0921. The summed E-state index contributed by atoms with van der Waals surface area (Å²) in [4.78, 5) is 23.6. The predicted octanol–water partition coefficient (Wildman–Crippen LogP) is 8.14. The van der Waals surface area contributed by atoms with Crippen molar-refractivity contribution in [2.75, 3.05) is 6.61 Å². The van der Waals surface area contributed by atoms with Crippen molar-refractivity contribution >= 4 is 34.5 Å². The fourth-order valence-corrected chi connectivity index (χ4v) is 4.15. The fourth-order valence-electron chi connectivity index (χ4n) is 3.60. The van der Waals surface area contributed by atoms with E-state index in [1.54, 1.807) is 0 Å². The summed E-state index contributed by atoms with van der Waals surface area (Å²) in [5.74, 6) is -0.677. The Balaban J connectivity index is 1.85. The fraction of sp³-hybridized carbons (Fsp3) is 0.704. The Hall–Kier alpha value is -1.11. The average Bonchev–Trinajstić information content (AvgIpc) is 2.79. The summed E-state index contributed by atoms with van der Waals surface area (Å²) in [6, 6.07) is 7.76. The highest BCUT2D eigenvalue weighted by Crippen LogP contribution is 2.14. The molecule has 1 rings (SSSR count). The molecule has 0 aromatic heterocycles. The van der Waals surface area contributed by atoms with Gasteiger partial charge < -0.3 is 9.47 Å².